The van der Waals surface area contributed by atoms with Crippen LogP contribution in [-0.2, 0) is 16.1 Å². The van der Waals surface area contributed by atoms with Crippen LogP contribution in [0.3, 0.4) is 0 Å². The number of aliphatic hydroxyl groups excluding tert-OH is 1. The number of rotatable bonds is 5. The topological polar surface area (TPSA) is 98.2 Å². The fourth-order valence-electron chi connectivity index (χ4n) is 4.09. The number of Topliss-reactive ketones (excluding diaryl/α,β-unsaturated/α-hetero) is 1. The molecule has 0 spiro atoms. The van der Waals surface area contributed by atoms with Gasteiger partial charge >= 0.3 is 0 Å². The average Bonchev–Trinajstić information content (AvgIpc) is 3.42. The third-order valence-electron chi connectivity index (χ3n) is 5.70. The van der Waals surface area contributed by atoms with Gasteiger partial charge in [-0.3, -0.25) is 14.6 Å². The van der Waals surface area contributed by atoms with Crippen LogP contribution in [0.5, 0.6) is 17.2 Å². The zero-order valence-electron chi connectivity index (χ0n) is 17.7. The zero-order valence-corrected chi connectivity index (χ0v) is 17.7. The monoisotopic (exact) mass is 444 g/mol. The second-order valence-electron chi connectivity index (χ2n) is 7.63. The Morgan fingerprint density at radius 1 is 1.09 bits per heavy atom. The molecule has 0 aliphatic carbocycles. The number of aromatic nitrogens is 1. The molecule has 2 aliphatic rings. The van der Waals surface area contributed by atoms with Crippen molar-refractivity contribution in [3.05, 3.63) is 89.3 Å². The Labute approximate surface area is 189 Å². The second kappa shape index (κ2) is 8.31. The summed E-state index contributed by atoms with van der Waals surface area (Å²) in [6, 6.07) is 14.7. The number of hydrogen-bond acceptors (Lipinski definition) is 7. The van der Waals surface area contributed by atoms with Crippen molar-refractivity contribution < 1.29 is 28.9 Å². The summed E-state index contributed by atoms with van der Waals surface area (Å²) in [5.74, 6) is -0.146. The Bertz CT molecular complexity index is 1270. The number of pyridine rings is 1. The van der Waals surface area contributed by atoms with Crippen molar-refractivity contribution in [1.29, 1.82) is 0 Å². The lowest BCUT2D eigenvalue weighted by Crippen LogP contribution is -2.29. The van der Waals surface area contributed by atoms with Gasteiger partial charge in [-0.2, -0.15) is 0 Å². The Hall–Kier alpha value is -4.33. The lowest BCUT2D eigenvalue weighted by Gasteiger charge is -2.25. The highest BCUT2D eigenvalue weighted by Crippen LogP contribution is 2.42. The van der Waals surface area contributed by atoms with Crippen molar-refractivity contribution in [2.45, 2.75) is 12.6 Å². The second-order valence-corrected chi connectivity index (χ2v) is 7.63. The minimum atomic E-state index is -0.807. The maximum Gasteiger partial charge on any atom is 0.295 e. The van der Waals surface area contributed by atoms with Crippen LogP contribution in [0.25, 0.3) is 5.76 Å². The first-order chi connectivity index (χ1) is 16.1. The van der Waals surface area contributed by atoms with E-state index in [0.717, 1.165) is 5.56 Å². The molecule has 1 amide bonds. The highest BCUT2D eigenvalue weighted by atomic mass is 16.7. The van der Waals surface area contributed by atoms with E-state index >= 15 is 0 Å². The predicted octanol–water partition coefficient (Wildman–Crippen LogP) is 3.44. The van der Waals surface area contributed by atoms with E-state index in [9.17, 15) is 14.7 Å². The molecule has 8 nitrogen and oxygen atoms in total. The first-order valence-electron chi connectivity index (χ1n) is 10.3. The molecule has 1 fully saturated rings. The number of carbonyl (C=O) groups is 2. The molecule has 33 heavy (non-hydrogen) atoms. The number of hydrogen-bond donors (Lipinski definition) is 1. The summed E-state index contributed by atoms with van der Waals surface area (Å²) in [6.45, 7) is 0.257. The maximum atomic E-state index is 13.2. The number of likely N-dealkylation sites (tertiary alicyclic amines) is 1. The van der Waals surface area contributed by atoms with Gasteiger partial charge in [-0.25, -0.2) is 0 Å². The standard InChI is InChI=1S/C25H20N2O6/c1-31-18-4-2-3-16(11-18)22-21(23(28)17-5-6-19-20(12-17)33-14-32-19)24(29)25(30)27(22)13-15-7-9-26-10-8-15/h2-12,22,28H,13-14H2,1H3/b23-21-. The van der Waals surface area contributed by atoms with Gasteiger partial charge in [-0.15, -0.1) is 0 Å². The Morgan fingerprint density at radius 3 is 2.67 bits per heavy atom. The summed E-state index contributed by atoms with van der Waals surface area (Å²) in [5.41, 5.74) is 1.81. The van der Waals surface area contributed by atoms with E-state index in [2.05, 4.69) is 4.98 Å². The van der Waals surface area contributed by atoms with Crippen molar-refractivity contribution in [1.82, 2.24) is 9.88 Å². The summed E-state index contributed by atoms with van der Waals surface area (Å²) >= 11 is 0. The molecular formula is C25H20N2O6. The molecule has 166 valence electrons. The third kappa shape index (κ3) is 3.65. The number of fused-ring (bicyclic) bond motifs is 1. The highest BCUT2D eigenvalue weighted by molar-refractivity contribution is 6.46. The van der Waals surface area contributed by atoms with Gasteiger partial charge in [-0.05, 0) is 53.6 Å². The molecule has 3 aromatic rings. The molecule has 5 rings (SSSR count). The van der Waals surface area contributed by atoms with Crippen molar-refractivity contribution in [2.75, 3.05) is 13.9 Å². The molecule has 2 aliphatic heterocycles. The molecule has 1 N–H and O–H groups in total. The van der Waals surface area contributed by atoms with E-state index in [4.69, 9.17) is 14.2 Å². The van der Waals surface area contributed by atoms with Crippen LogP contribution in [0.1, 0.15) is 22.7 Å². The number of carbonyl (C=O) groups excluding carboxylic acids is 2. The molecule has 3 heterocycles. The highest BCUT2D eigenvalue weighted by Gasteiger charge is 2.46. The molecule has 2 aromatic carbocycles. The average molecular weight is 444 g/mol. The number of aliphatic hydroxyl groups is 1. The van der Waals surface area contributed by atoms with Crippen LogP contribution in [0.4, 0.5) is 0 Å². The summed E-state index contributed by atoms with van der Waals surface area (Å²) in [4.78, 5) is 31.8. The number of benzene rings is 2. The molecular weight excluding hydrogens is 424 g/mol. The van der Waals surface area contributed by atoms with E-state index < -0.39 is 17.7 Å². The van der Waals surface area contributed by atoms with Crippen LogP contribution in [0.15, 0.2) is 72.6 Å². The molecule has 0 bridgehead atoms. The Morgan fingerprint density at radius 2 is 1.88 bits per heavy atom. The molecule has 0 saturated carbocycles. The van der Waals surface area contributed by atoms with E-state index in [1.54, 1.807) is 74.1 Å². The maximum absolute atomic E-state index is 13.2. The number of ether oxygens (including phenoxy) is 3. The Balaban J connectivity index is 1.65. The van der Waals surface area contributed by atoms with Crippen LogP contribution in [0, 0.1) is 0 Å². The first-order valence-corrected chi connectivity index (χ1v) is 10.3. The Kier molecular flexibility index (Phi) is 5.18. The first kappa shape index (κ1) is 20.6. The van der Waals surface area contributed by atoms with Crippen molar-refractivity contribution >= 4 is 17.4 Å². The van der Waals surface area contributed by atoms with E-state index in [-0.39, 0.29) is 24.7 Å². The minimum Gasteiger partial charge on any atom is -0.507 e. The predicted molar refractivity (Wildman–Crippen MR) is 118 cm³/mol. The zero-order chi connectivity index (χ0) is 22.9. The number of methoxy groups -OCH3 is 1. The van der Waals surface area contributed by atoms with Crippen molar-refractivity contribution in [3.63, 3.8) is 0 Å². The smallest absolute Gasteiger partial charge is 0.295 e. The number of ketones is 1. The molecule has 1 atom stereocenters. The van der Waals surface area contributed by atoms with Crippen molar-refractivity contribution in [3.8, 4) is 17.2 Å². The van der Waals surface area contributed by atoms with Crippen LogP contribution in [-0.4, -0.2) is 40.6 Å². The van der Waals surface area contributed by atoms with Gasteiger partial charge in [0.05, 0.1) is 18.7 Å². The van der Waals surface area contributed by atoms with Gasteiger partial charge in [-0.1, -0.05) is 12.1 Å². The van der Waals surface area contributed by atoms with Gasteiger partial charge in [0.15, 0.2) is 11.5 Å². The summed E-state index contributed by atoms with van der Waals surface area (Å²) in [5, 5.41) is 11.2. The van der Waals surface area contributed by atoms with Gasteiger partial charge in [0.25, 0.3) is 11.7 Å². The van der Waals surface area contributed by atoms with E-state index in [1.807, 2.05) is 0 Å². The largest absolute Gasteiger partial charge is 0.507 e. The fraction of sp³-hybridized carbons (Fsp3) is 0.160. The fourth-order valence-corrected chi connectivity index (χ4v) is 4.09. The van der Waals surface area contributed by atoms with Crippen LogP contribution < -0.4 is 14.2 Å². The number of amides is 1. The van der Waals surface area contributed by atoms with E-state index in [0.29, 0.717) is 28.4 Å². The van der Waals surface area contributed by atoms with Crippen molar-refractivity contribution in [2.24, 2.45) is 0 Å². The summed E-state index contributed by atoms with van der Waals surface area (Å²) in [6.07, 6.45) is 3.25. The van der Waals surface area contributed by atoms with E-state index in [1.165, 1.54) is 4.90 Å². The SMILES string of the molecule is COc1cccc(C2/C(=C(/O)c3ccc4c(c3)OCO4)C(=O)C(=O)N2Cc2ccncc2)c1. The normalized spacial score (nSPS) is 18.6. The molecule has 0 radical (unpaired) electrons. The molecule has 1 aromatic heterocycles. The summed E-state index contributed by atoms with van der Waals surface area (Å²) in [7, 11) is 1.54. The van der Waals surface area contributed by atoms with Crippen LogP contribution in [0.2, 0.25) is 0 Å². The quantitative estimate of drug-likeness (QED) is 0.366. The van der Waals surface area contributed by atoms with Gasteiger partial charge in [0.1, 0.15) is 11.5 Å². The minimum absolute atomic E-state index is 0.00109. The molecule has 1 saturated heterocycles. The van der Waals surface area contributed by atoms with Gasteiger partial charge in [0, 0.05) is 24.5 Å². The van der Waals surface area contributed by atoms with Crippen LogP contribution >= 0.6 is 0 Å². The van der Waals surface area contributed by atoms with Gasteiger partial charge < -0.3 is 24.2 Å². The lowest BCUT2D eigenvalue weighted by molar-refractivity contribution is -0.140. The summed E-state index contributed by atoms with van der Waals surface area (Å²) < 4.78 is 16.1. The number of nitrogens with zero attached hydrogens (tertiary/aromatic N) is 2. The van der Waals surface area contributed by atoms with Gasteiger partial charge in [0.2, 0.25) is 6.79 Å². The molecule has 8 heteroatoms. The molecule has 1 unspecified atom stereocenters. The third-order valence-corrected chi connectivity index (χ3v) is 5.70. The lowest BCUT2D eigenvalue weighted by atomic mass is 9.95.